The molecule has 0 N–H and O–H groups in total. The van der Waals surface area contributed by atoms with Gasteiger partial charge in [0.1, 0.15) is 11.6 Å². The highest BCUT2D eigenvalue weighted by Crippen LogP contribution is 2.31. The Morgan fingerprint density at radius 1 is 1.00 bits per heavy atom. The Balaban J connectivity index is 2.09. The molecular formula is C18H17FN2O. The fraction of sp³-hybridized carbons (Fsp3) is 0.222. The molecule has 112 valence electrons. The third-order valence-corrected chi connectivity index (χ3v) is 3.70. The highest BCUT2D eigenvalue weighted by molar-refractivity contribution is 5.82. The Bertz CT molecular complexity index is 830. The van der Waals surface area contributed by atoms with Crippen LogP contribution in [0.15, 0.2) is 42.5 Å². The second-order valence-corrected chi connectivity index (χ2v) is 5.54. The summed E-state index contributed by atoms with van der Waals surface area (Å²) in [5.74, 6) is 0.917. The van der Waals surface area contributed by atoms with E-state index in [4.69, 9.17) is 4.74 Å². The van der Waals surface area contributed by atoms with Crippen LogP contribution in [0.1, 0.15) is 25.3 Å². The molecule has 0 saturated carbocycles. The van der Waals surface area contributed by atoms with Gasteiger partial charge in [-0.2, -0.15) is 0 Å². The van der Waals surface area contributed by atoms with Gasteiger partial charge >= 0.3 is 0 Å². The first-order valence-corrected chi connectivity index (χ1v) is 7.20. The zero-order valence-corrected chi connectivity index (χ0v) is 12.8. The lowest BCUT2D eigenvalue weighted by atomic mass is 9.99. The Morgan fingerprint density at radius 3 is 2.55 bits per heavy atom. The first-order chi connectivity index (χ1) is 10.6. The maximum Gasteiger partial charge on any atom is 0.125 e. The van der Waals surface area contributed by atoms with Crippen LogP contribution < -0.4 is 4.74 Å². The van der Waals surface area contributed by atoms with Gasteiger partial charge in [0.25, 0.3) is 0 Å². The van der Waals surface area contributed by atoms with E-state index in [9.17, 15) is 4.39 Å². The van der Waals surface area contributed by atoms with Crippen LogP contribution in [0.4, 0.5) is 4.39 Å². The van der Waals surface area contributed by atoms with Gasteiger partial charge in [-0.15, -0.1) is 10.2 Å². The number of fused-ring (bicyclic) bond motifs is 1. The van der Waals surface area contributed by atoms with Crippen LogP contribution >= 0.6 is 0 Å². The van der Waals surface area contributed by atoms with Crippen molar-refractivity contribution < 1.29 is 9.13 Å². The van der Waals surface area contributed by atoms with E-state index in [2.05, 4.69) is 30.1 Å². The summed E-state index contributed by atoms with van der Waals surface area (Å²) in [6.07, 6.45) is 0. The lowest BCUT2D eigenvalue weighted by Crippen LogP contribution is -1.96. The van der Waals surface area contributed by atoms with Gasteiger partial charge in [-0.1, -0.05) is 26.0 Å². The second-order valence-electron chi connectivity index (χ2n) is 5.54. The van der Waals surface area contributed by atoms with Crippen LogP contribution in [-0.4, -0.2) is 17.3 Å². The van der Waals surface area contributed by atoms with Gasteiger partial charge in [0.2, 0.25) is 0 Å². The maximum absolute atomic E-state index is 13.2. The fourth-order valence-electron chi connectivity index (χ4n) is 2.50. The minimum Gasteiger partial charge on any atom is -0.496 e. The summed E-state index contributed by atoms with van der Waals surface area (Å²) in [5, 5.41) is 9.16. The van der Waals surface area contributed by atoms with Crippen molar-refractivity contribution in [3.8, 4) is 17.0 Å². The second kappa shape index (κ2) is 5.72. The van der Waals surface area contributed by atoms with Gasteiger partial charge in [-0.3, -0.25) is 0 Å². The van der Waals surface area contributed by atoms with E-state index in [1.54, 1.807) is 13.2 Å². The molecule has 0 aliphatic carbocycles. The van der Waals surface area contributed by atoms with Crippen molar-refractivity contribution in [1.29, 1.82) is 0 Å². The summed E-state index contributed by atoms with van der Waals surface area (Å²) in [4.78, 5) is 0. The predicted molar refractivity (Wildman–Crippen MR) is 85.6 cm³/mol. The number of halogens is 1. The van der Waals surface area contributed by atoms with Gasteiger partial charge in [0.15, 0.2) is 0 Å². The molecule has 3 rings (SSSR count). The first kappa shape index (κ1) is 14.4. The minimum absolute atomic E-state index is 0.308. The molecule has 3 aromatic rings. The molecule has 0 atom stereocenters. The SMILES string of the molecule is COc1cc(-c2cc3ccc(F)cc3nn2)ccc1C(C)C. The van der Waals surface area contributed by atoms with E-state index in [1.165, 1.54) is 12.1 Å². The molecule has 0 saturated heterocycles. The van der Waals surface area contributed by atoms with Crippen molar-refractivity contribution in [3.05, 3.63) is 53.8 Å². The van der Waals surface area contributed by atoms with Crippen molar-refractivity contribution in [1.82, 2.24) is 10.2 Å². The quantitative estimate of drug-likeness (QED) is 0.710. The van der Waals surface area contributed by atoms with Crippen LogP contribution in [0.5, 0.6) is 5.75 Å². The van der Waals surface area contributed by atoms with Gasteiger partial charge in [-0.05, 0) is 35.7 Å². The van der Waals surface area contributed by atoms with Crippen LogP contribution in [0, 0.1) is 5.82 Å². The first-order valence-electron chi connectivity index (χ1n) is 7.20. The Kier molecular flexibility index (Phi) is 3.75. The highest BCUT2D eigenvalue weighted by Gasteiger charge is 2.10. The molecule has 0 fully saturated rings. The lowest BCUT2D eigenvalue weighted by Gasteiger charge is -2.13. The average molecular weight is 296 g/mol. The third kappa shape index (κ3) is 2.64. The van der Waals surface area contributed by atoms with Crippen molar-refractivity contribution in [2.45, 2.75) is 19.8 Å². The number of benzene rings is 2. The van der Waals surface area contributed by atoms with E-state index < -0.39 is 0 Å². The standard InChI is InChI=1S/C18H17FN2O/c1-11(2)15-7-5-13(9-18(15)22-3)16-8-12-4-6-14(19)10-17(12)21-20-16/h4-11H,1-3H3. The molecule has 0 aliphatic rings. The Morgan fingerprint density at radius 2 is 1.82 bits per heavy atom. The van der Waals surface area contributed by atoms with Crippen molar-refractivity contribution in [2.75, 3.05) is 7.11 Å². The van der Waals surface area contributed by atoms with Crippen LogP contribution in [-0.2, 0) is 0 Å². The Hall–Kier alpha value is -2.49. The molecule has 3 nitrogen and oxygen atoms in total. The van der Waals surface area contributed by atoms with Crippen LogP contribution in [0.2, 0.25) is 0 Å². The monoisotopic (exact) mass is 296 g/mol. The molecule has 0 amide bonds. The molecule has 2 aromatic carbocycles. The van der Waals surface area contributed by atoms with Crippen molar-refractivity contribution in [2.24, 2.45) is 0 Å². The van der Waals surface area contributed by atoms with Gasteiger partial charge < -0.3 is 4.74 Å². The number of nitrogens with zero attached hydrogens (tertiary/aromatic N) is 2. The number of methoxy groups -OCH3 is 1. The number of hydrogen-bond donors (Lipinski definition) is 0. The molecule has 0 spiro atoms. The van der Waals surface area contributed by atoms with E-state index in [1.807, 2.05) is 18.2 Å². The maximum atomic E-state index is 13.2. The van der Waals surface area contributed by atoms with E-state index in [0.29, 0.717) is 11.4 Å². The van der Waals surface area contributed by atoms with Gasteiger partial charge in [0, 0.05) is 17.0 Å². The van der Waals surface area contributed by atoms with E-state index >= 15 is 0 Å². The lowest BCUT2D eigenvalue weighted by molar-refractivity contribution is 0.408. The molecule has 0 radical (unpaired) electrons. The van der Waals surface area contributed by atoms with Gasteiger partial charge in [0.05, 0.1) is 18.3 Å². The molecule has 0 unspecified atom stereocenters. The van der Waals surface area contributed by atoms with E-state index in [-0.39, 0.29) is 5.82 Å². The number of aromatic nitrogens is 2. The summed E-state index contributed by atoms with van der Waals surface area (Å²) in [7, 11) is 1.67. The summed E-state index contributed by atoms with van der Waals surface area (Å²) in [5.41, 5.74) is 3.38. The molecule has 0 bridgehead atoms. The average Bonchev–Trinajstić information content (AvgIpc) is 2.53. The number of rotatable bonds is 3. The van der Waals surface area contributed by atoms with Crippen LogP contribution in [0.25, 0.3) is 22.2 Å². The number of hydrogen-bond acceptors (Lipinski definition) is 3. The summed E-state index contributed by atoms with van der Waals surface area (Å²) < 4.78 is 18.7. The number of ether oxygens (including phenoxy) is 1. The van der Waals surface area contributed by atoms with E-state index in [0.717, 1.165) is 28.0 Å². The smallest absolute Gasteiger partial charge is 0.125 e. The fourth-order valence-corrected chi connectivity index (χ4v) is 2.50. The molecule has 4 heteroatoms. The predicted octanol–water partition coefficient (Wildman–Crippen LogP) is 4.57. The highest BCUT2D eigenvalue weighted by atomic mass is 19.1. The zero-order chi connectivity index (χ0) is 15.7. The summed E-state index contributed by atoms with van der Waals surface area (Å²) in [6.45, 7) is 4.25. The minimum atomic E-state index is -0.308. The normalized spacial score (nSPS) is 11.1. The topological polar surface area (TPSA) is 35.0 Å². The van der Waals surface area contributed by atoms with Gasteiger partial charge in [-0.25, -0.2) is 4.39 Å². The third-order valence-electron chi connectivity index (χ3n) is 3.70. The summed E-state index contributed by atoms with van der Waals surface area (Å²) in [6, 6.07) is 12.5. The molecule has 1 heterocycles. The van der Waals surface area contributed by atoms with Crippen LogP contribution in [0.3, 0.4) is 0 Å². The molecule has 0 aliphatic heterocycles. The largest absolute Gasteiger partial charge is 0.496 e. The zero-order valence-electron chi connectivity index (χ0n) is 12.8. The summed E-state index contributed by atoms with van der Waals surface area (Å²) >= 11 is 0. The molecular weight excluding hydrogens is 279 g/mol. The Labute approximate surface area is 128 Å². The molecule has 1 aromatic heterocycles. The molecule has 22 heavy (non-hydrogen) atoms. The van der Waals surface area contributed by atoms with Crippen molar-refractivity contribution in [3.63, 3.8) is 0 Å². The van der Waals surface area contributed by atoms with Crippen molar-refractivity contribution >= 4 is 10.9 Å².